The van der Waals surface area contributed by atoms with E-state index in [4.69, 9.17) is 5.10 Å². The fourth-order valence-electron chi connectivity index (χ4n) is 5.50. The molecule has 2 aromatic rings. The van der Waals surface area contributed by atoms with Crippen LogP contribution in [0.3, 0.4) is 0 Å². The molecule has 33 heavy (non-hydrogen) atoms. The zero-order valence-corrected chi connectivity index (χ0v) is 19.5. The minimum Gasteiger partial charge on any atom is -0.380 e. The summed E-state index contributed by atoms with van der Waals surface area (Å²) in [5.74, 6) is 6.94. The Morgan fingerprint density at radius 1 is 1.30 bits per heavy atom. The molecule has 4 aliphatic rings. The molecule has 1 unspecified atom stereocenters. The van der Waals surface area contributed by atoms with Crippen molar-refractivity contribution < 1.29 is 19.3 Å². The molecule has 0 bridgehead atoms. The molecule has 8 nitrogen and oxygen atoms in total. The van der Waals surface area contributed by atoms with Crippen LogP contribution in [0.15, 0.2) is 12.3 Å². The Labute approximate surface area is 193 Å². The van der Waals surface area contributed by atoms with Crippen LogP contribution in [0.2, 0.25) is 0 Å². The van der Waals surface area contributed by atoms with Gasteiger partial charge in [-0.1, -0.05) is 29.4 Å². The highest BCUT2D eigenvalue weighted by molar-refractivity contribution is 5.93. The summed E-state index contributed by atoms with van der Waals surface area (Å²) in [6.45, 7) is 7.50. The lowest BCUT2D eigenvalue weighted by Crippen LogP contribution is -2.71. The Morgan fingerprint density at radius 3 is 2.70 bits per heavy atom. The van der Waals surface area contributed by atoms with Crippen molar-refractivity contribution in [3.8, 4) is 11.8 Å². The van der Waals surface area contributed by atoms with Crippen molar-refractivity contribution in [2.45, 2.75) is 70.1 Å². The maximum absolute atomic E-state index is 13.4. The highest BCUT2D eigenvalue weighted by Crippen LogP contribution is 2.37. The maximum atomic E-state index is 13.4. The first-order valence-corrected chi connectivity index (χ1v) is 12.1. The van der Waals surface area contributed by atoms with E-state index in [-0.39, 0.29) is 17.7 Å². The molecule has 2 aliphatic carbocycles. The fourth-order valence-corrected chi connectivity index (χ4v) is 5.50. The third-order valence-corrected chi connectivity index (χ3v) is 7.76. The van der Waals surface area contributed by atoms with Gasteiger partial charge in [0.1, 0.15) is 5.60 Å². The van der Waals surface area contributed by atoms with E-state index in [0.29, 0.717) is 44.1 Å². The average molecular weight is 449 g/mol. The quantitative estimate of drug-likeness (QED) is 0.556. The second-order valence-corrected chi connectivity index (χ2v) is 10.6. The first kappa shape index (κ1) is 20.7. The molecule has 1 saturated heterocycles. The number of carbonyl (C=O) groups is 2. The predicted octanol–water partition coefficient (Wildman–Crippen LogP) is 1.39. The number of aliphatic hydroxyl groups is 1. The van der Waals surface area contributed by atoms with Crippen LogP contribution >= 0.6 is 0 Å². The van der Waals surface area contributed by atoms with Crippen molar-refractivity contribution in [3.63, 3.8) is 0 Å². The summed E-state index contributed by atoms with van der Waals surface area (Å²) in [5.41, 5.74) is 1.27. The predicted molar refractivity (Wildman–Crippen MR) is 119 cm³/mol. The van der Waals surface area contributed by atoms with Gasteiger partial charge in [0.05, 0.1) is 6.54 Å². The number of carbonyl (C=O) groups excluding carboxylic acids is 2. The van der Waals surface area contributed by atoms with Gasteiger partial charge in [-0.2, -0.15) is 4.57 Å². The summed E-state index contributed by atoms with van der Waals surface area (Å²) in [7, 11) is 0. The topological polar surface area (TPSA) is 82.0 Å². The lowest BCUT2D eigenvalue weighted by atomic mass is 9.79. The Bertz CT molecular complexity index is 1260. The van der Waals surface area contributed by atoms with Gasteiger partial charge in [0.25, 0.3) is 5.91 Å². The van der Waals surface area contributed by atoms with Crippen molar-refractivity contribution in [2.75, 3.05) is 19.6 Å². The molecule has 2 saturated carbocycles. The Morgan fingerprint density at radius 2 is 2.06 bits per heavy atom. The number of hydrogen-bond donors (Lipinski definition) is 1. The van der Waals surface area contributed by atoms with E-state index in [1.165, 1.54) is 0 Å². The molecule has 0 aromatic carbocycles. The van der Waals surface area contributed by atoms with E-state index in [9.17, 15) is 14.7 Å². The highest BCUT2D eigenvalue weighted by Gasteiger charge is 2.58. The second-order valence-electron chi connectivity index (χ2n) is 10.6. The molecule has 172 valence electrons. The van der Waals surface area contributed by atoms with Gasteiger partial charge in [0.15, 0.2) is 11.9 Å². The van der Waals surface area contributed by atoms with Crippen LogP contribution in [0.5, 0.6) is 0 Å². The van der Waals surface area contributed by atoms with E-state index in [0.717, 1.165) is 36.2 Å². The number of hydrogen-bond acceptors (Lipinski definition) is 4. The lowest BCUT2D eigenvalue weighted by molar-refractivity contribution is -0.749. The number of piperazine rings is 1. The fraction of sp³-hybridized carbons (Fsp3) is 0.600. The molecule has 2 amide bonds. The average Bonchev–Trinajstić information content (AvgIpc) is 3.47. The number of nitrogens with zero attached hydrogens (tertiary/aromatic N) is 5. The summed E-state index contributed by atoms with van der Waals surface area (Å²) in [5, 5.41) is 15.4. The zero-order chi connectivity index (χ0) is 23.1. The Kier molecular flexibility index (Phi) is 4.26. The number of imidazole rings is 1. The van der Waals surface area contributed by atoms with Crippen LogP contribution < -0.4 is 4.57 Å². The molecule has 6 rings (SSSR count). The molecule has 1 atom stereocenters. The van der Waals surface area contributed by atoms with E-state index < -0.39 is 11.3 Å². The van der Waals surface area contributed by atoms with Crippen LogP contribution in [0, 0.1) is 17.8 Å². The van der Waals surface area contributed by atoms with Gasteiger partial charge in [-0.3, -0.25) is 14.5 Å². The molecule has 0 radical (unpaired) electrons. The minimum atomic E-state index is -1.24. The monoisotopic (exact) mass is 448 g/mol. The normalized spacial score (nSPS) is 25.5. The Hall–Kier alpha value is -2.92. The summed E-state index contributed by atoms with van der Waals surface area (Å²) in [6.07, 6.45) is 6.03. The van der Waals surface area contributed by atoms with E-state index in [1.54, 1.807) is 15.6 Å². The van der Waals surface area contributed by atoms with E-state index >= 15 is 0 Å². The lowest BCUT2D eigenvalue weighted by Gasteiger charge is -2.46. The molecule has 4 heterocycles. The molecule has 0 spiro atoms. The van der Waals surface area contributed by atoms with Crippen molar-refractivity contribution in [2.24, 2.45) is 5.92 Å². The SMILES string of the molecule is CC(C)c1cc(C#CC2CC2)nn2cc3[n+](c12)C1(C)CN(C(=O)C2(O)CCC2)CCN1C3=O. The number of rotatable bonds is 2. The Balaban J connectivity index is 1.46. The highest BCUT2D eigenvalue weighted by atomic mass is 16.3. The molecule has 2 aromatic heterocycles. The third-order valence-electron chi connectivity index (χ3n) is 7.76. The standard InChI is InChI=1S/C25H30N5O3/c1-16(2)19-13-18(8-7-17-5-6-17)26-29-14-20-22(31)28-12-11-27(23(32)25(33)9-4-10-25)15-24(28,3)30(20)21(19)29/h13-14,16-17,33H,4-6,9-12,15H2,1-3H3/q+1. The van der Waals surface area contributed by atoms with Crippen molar-refractivity contribution in [1.82, 2.24) is 19.4 Å². The van der Waals surface area contributed by atoms with Gasteiger partial charge < -0.3 is 10.0 Å². The van der Waals surface area contributed by atoms with Crippen LogP contribution in [-0.4, -0.2) is 61.6 Å². The smallest absolute Gasteiger partial charge is 0.313 e. The summed E-state index contributed by atoms with van der Waals surface area (Å²) in [6, 6.07) is 2.04. The van der Waals surface area contributed by atoms with Crippen molar-refractivity contribution in [3.05, 3.63) is 29.2 Å². The van der Waals surface area contributed by atoms with Gasteiger partial charge in [0.2, 0.25) is 11.4 Å². The largest absolute Gasteiger partial charge is 0.380 e. The minimum absolute atomic E-state index is 0.0437. The van der Waals surface area contributed by atoms with Crippen molar-refractivity contribution >= 4 is 17.5 Å². The van der Waals surface area contributed by atoms with Gasteiger partial charge in [0, 0.05) is 31.5 Å². The molecule has 3 fully saturated rings. The summed E-state index contributed by atoms with van der Waals surface area (Å²) >= 11 is 0. The first-order valence-electron chi connectivity index (χ1n) is 12.1. The zero-order valence-electron chi connectivity index (χ0n) is 19.5. The van der Waals surface area contributed by atoms with Crippen LogP contribution in [-0.2, 0) is 10.5 Å². The van der Waals surface area contributed by atoms with Gasteiger partial charge in [-0.25, -0.2) is 0 Å². The van der Waals surface area contributed by atoms with Crippen molar-refractivity contribution in [1.29, 1.82) is 0 Å². The number of amides is 2. The first-order chi connectivity index (χ1) is 15.7. The van der Waals surface area contributed by atoms with E-state index in [1.807, 2.05) is 17.9 Å². The van der Waals surface area contributed by atoms with E-state index in [2.05, 4.69) is 30.3 Å². The molecular formula is C25H30N5O3+. The second kappa shape index (κ2) is 6.80. The third kappa shape index (κ3) is 2.95. The molecule has 1 N–H and O–H groups in total. The summed E-state index contributed by atoms with van der Waals surface area (Å²) in [4.78, 5) is 30.1. The van der Waals surface area contributed by atoms with Crippen LogP contribution in [0.4, 0.5) is 0 Å². The van der Waals surface area contributed by atoms with Gasteiger partial charge in [-0.15, -0.1) is 0 Å². The molecular weight excluding hydrogens is 418 g/mol. The van der Waals surface area contributed by atoms with Crippen LogP contribution in [0.1, 0.15) is 80.5 Å². The number of fused-ring (bicyclic) bond motifs is 5. The summed E-state index contributed by atoms with van der Waals surface area (Å²) < 4.78 is 3.85. The van der Waals surface area contributed by atoms with Gasteiger partial charge >= 0.3 is 11.6 Å². The van der Waals surface area contributed by atoms with Gasteiger partial charge in [-0.05, 0) is 50.0 Å². The molecule has 2 aliphatic heterocycles. The van der Waals surface area contributed by atoms with Crippen LogP contribution in [0.25, 0.3) is 5.65 Å². The maximum Gasteiger partial charge on any atom is 0.313 e. The molecule has 8 heteroatoms. The number of aromatic nitrogens is 3.